The van der Waals surface area contributed by atoms with E-state index in [1.54, 1.807) is 12.1 Å². The summed E-state index contributed by atoms with van der Waals surface area (Å²) in [5.41, 5.74) is 0. The summed E-state index contributed by atoms with van der Waals surface area (Å²) in [6.07, 6.45) is -0.693. The Balaban J connectivity index is 2.34. The van der Waals surface area contributed by atoms with Crippen molar-refractivity contribution in [2.75, 3.05) is 0 Å². The maximum Gasteiger partial charge on any atom is 0.305 e. The molecule has 17 heavy (non-hydrogen) atoms. The first-order valence-electron chi connectivity index (χ1n) is 4.98. The number of aliphatic hydroxyl groups is 1. The van der Waals surface area contributed by atoms with Gasteiger partial charge in [0.2, 0.25) is 4.21 Å². The summed E-state index contributed by atoms with van der Waals surface area (Å²) >= 11 is 6.01. The minimum absolute atomic E-state index is 0.234. The van der Waals surface area contributed by atoms with E-state index in [1.165, 1.54) is 11.3 Å². The summed E-state index contributed by atoms with van der Waals surface area (Å²) in [6.45, 7) is 0. The number of thiophene rings is 1. The fourth-order valence-electron chi connectivity index (χ4n) is 1.24. The number of carbonyl (C=O) groups is 1. The average molecular weight is 297 g/mol. The molecule has 0 amide bonds. The topological polar surface area (TPSA) is 80.6 Å². The minimum atomic E-state index is -1.30. The molecule has 0 aliphatic heterocycles. The fourth-order valence-corrected chi connectivity index (χ4v) is 3.97. The van der Waals surface area contributed by atoms with Crippen LogP contribution in [0.4, 0.5) is 0 Å². The molecule has 2 N–H and O–H groups in total. The highest BCUT2D eigenvalue weighted by molar-refractivity contribution is 7.95. The van der Waals surface area contributed by atoms with E-state index in [-0.39, 0.29) is 12.8 Å². The molecular formula is C10H13ClO4S2. The van der Waals surface area contributed by atoms with Crippen LogP contribution in [-0.2, 0) is 16.0 Å². The van der Waals surface area contributed by atoms with Crippen molar-refractivity contribution in [2.24, 2.45) is 0 Å². The molecule has 1 aromatic heterocycles. The molecule has 4 nitrogen and oxygen atoms in total. The number of alkyl halides is 1. The summed E-state index contributed by atoms with van der Waals surface area (Å²) in [7, 11) is 0. The van der Waals surface area contributed by atoms with Crippen LogP contribution in [0.2, 0.25) is 0 Å². The summed E-state index contributed by atoms with van der Waals surface area (Å²) in [4.78, 5) is 10.3. The Labute approximate surface area is 111 Å². The zero-order chi connectivity index (χ0) is 12.8. The molecule has 0 spiro atoms. The molecule has 0 saturated heterocycles. The van der Waals surface area contributed by atoms with Gasteiger partial charge in [-0.25, -0.2) is 0 Å². The van der Waals surface area contributed by atoms with Crippen LogP contribution in [0.5, 0.6) is 0 Å². The van der Waals surface area contributed by atoms with Crippen molar-refractivity contribution < 1.29 is 19.6 Å². The molecule has 0 bridgehead atoms. The van der Waals surface area contributed by atoms with Gasteiger partial charge in [-0.1, -0.05) is 22.9 Å². The number of aliphatic hydroxyl groups excluding tert-OH is 1. The van der Waals surface area contributed by atoms with Gasteiger partial charge in [0.15, 0.2) is 4.71 Å². The van der Waals surface area contributed by atoms with Gasteiger partial charge in [0.1, 0.15) is 0 Å². The number of rotatable bonds is 7. The van der Waals surface area contributed by atoms with Crippen LogP contribution in [0.25, 0.3) is 0 Å². The Morgan fingerprint density at radius 2 is 2.29 bits per heavy atom. The summed E-state index contributed by atoms with van der Waals surface area (Å²) in [5.74, 6) is -1.05. The smallest absolute Gasteiger partial charge is 0.305 e. The Kier molecular flexibility index (Phi) is 6.29. The van der Waals surface area contributed by atoms with Crippen LogP contribution in [0, 0.1) is 0 Å². The Morgan fingerprint density at radius 3 is 2.82 bits per heavy atom. The summed E-state index contributed by atoms with van der Waals surface area (Å²) < 4.78 is 11.9. The van der Waals surface area contributed by atoms with Crippen molar-refractivity contribution in [3.63, 3.8) is 0 Å². The second kappa shape index (κ2) is 7.23. The Hall–Kier alpha value is -0.270. The van der Waals surface area contributed by atoms with E-state index in [1.807, 2.05) is 5.38 Å². The lowest BCUT2D eigenvalue weighted by Crippen LogP contribution is -2.19. The van der Waals surface area contributed by atoms with Gasteiger partial charge in [0.25, 0.3) is 0 Å². The van der Waals surface area contributed by atoms with Crippen molar-refractivity contribution in [1.82, 2.24) is 0 Å². The van der Waals surface area contributed by atoms with Crippen molar-refractivity contribution in [3.05, 3.63) is 17.5 Å². The van der Waals surface area contributed by atoms with Crippen LogP contribution < -0.4 is 0 Å². The quantitative estimate of drug-likeness (QED) is 0.596. The molecule has 0 radical (unpaired) electrons. The maximum atomic E-state index is 11.8. The normalized spacial score (nSPS) is 16.4. The highest BCUT2D eigenvalue weighted by Crippen LogP contribution is 2.26. The van der Waals surface area contributed by atoms with Gasteiger partial charge >= 0.3 is 5.97 Å². The fraction of sp³-hybridized carbons (Fsp3) is 0.500. The van der Waals surface area contributed by atoms with Crippen LogP contribution in [0.1, 0.15) is 19.3 Å². The first-order chi connectivity index (χ1) is 8.00. The largest absolute Gasteiger partial charge is 0.610 e. The number of hydrogen-bond donors (Lipinski definition) is 2. The molecule has 1 aromatic rings. The van der Waals surface area contributed by atoms with Gasteiger partial charge in [0, 0.05) is 23.7 Å². The second-order valence-electron chi connectivity index (χ2n) is 3.47. The van der Waals surface area contributed by atoms with E-state index in [4.69, 9.17) is 16.7 Å². The number of carboxylic acid groups (broad SMARTS) is 1. The van der Waals surface area contributed by atoms with Crippen LogP contribution in [0.15, 0.2) is 21.7 Å². The summed E-state index contributed by atoms with van der Waals surface area (Å²) in [6, 6.07) is 3.53. The number of aliphatic carboxylic acids is 1. The van der Waals surface area contributed by atoms with Gasteiger partial charge in [-0.3, -0.25) is 4.79 Å². The average Bonchev–Trinajstić information content (AvgIpc) is 2.77. The molecule has 96 valence electrons. The lowest BCUT2D eigenvalue weighted by Gasteiger charge is -2.15. The Morgan fingerprint density at radius 1 is 1.59 bits per heavy atom. The zero-order valence-electron chi connectivity index (χ0n) is 8.91. The molecular weight excluding hydrogens is 284 g/mol. The van der Waals surface area contributed by atoms with Crippen LogP contribution >= 0.6 is 22.9 Å². The van der Waals surface area contributed by atoms with Gasteiger partial charge in [-0.05, 0) is 17.9 Å². The molecule has 3 unspecified atom stereocenters. The van der Waals surface area contributed by atoms with Crippen molar-refractivity contribution >= 4 is 40.1 Å². The molecule has 1 heterocycles. The van der Waals surface area contributed by atoms with E-state index in [2.05, 4.69) is 0 Å². The van der Waals surface area contributed by atoms with Crippen LogP contribution in [-0.4, -0.2) is 31.5 Å². The third kappa shape index (κ3) is 5.27. The highest BCUT2D eigenvalue weighted by Gasteiger charge is 2.24. The van der Waals surface area contributed by atoms with Gasteiger partial charge in [-0.2, -0.15) is 0 Å². The van der Waals surface area contributed by atoms with Crippen LogP contribution in [0.3, 0.4) is 0 Å². The first kappa shape index (κ1) is 14.8. The minimum Gasteiger partial charge on any atom is -0.610 e. The molecule has 0 fully saturated rings. The monoisotopic (exact) mass is 296 g/mol. The van der Waals surface area contributed by atoms with Crippen molar-refractivity contribution in [1.29, 1.82) is 0 Å². The molecule has 0 aromatic carbocycles. The molecule has 0 saturated carbocycles. The van der Waals surface area contributed by atoms with E-state index < -0.39 is 28.0 Å². The van der Waals surface area contributed by atoms with E-state index in [0.717, 1.165) is 0 Å². The highest BCUT2D eigenvalue weighted by atomic mass is 35.5. The van der Waals surface area contributed by atoms with Gasteiger partial charge < -0.3 is 14.8 Å². The molecule has 3 atom stereocenters. The first-order valence-corrected chi connectivity index (χ1v) is 7.51. The molecule has 1 rings (SSSR count). The van der Waals surface area contributed by atoms with Crippen molar-refractivity contribution in [3.8, 4) is 0 Å². The van der Waals surface area contributed by atoms with Gasteiger partial charge in [-0.15, -0.1) is 0 Å². The zero-order valence-corrected chi connectivity index (χ0v) is 11.3. The number of hydrogen-bond acceptors (Lipinski definition) is 4. The van der Waals surface area contributed by atoms with E-state index >= 15 is 0 Å². The van der Waals surface area contributed by atoms with Crippen molar-refractivity contribution in [2.45, 2.75) is 34.3 Å². The van der Waals surface area contributed by atoms with Gasteiger partial charge in [0.05, 0.1) is 12.5 Å². The summed E-state index contributed by atoms with van der Waals surface area (Å²) in [5, 5.41) is 19.6. The Bertz CT molecular complexity index is 344. The maximum absolute atomic E-state index is 11.8. The lowest BCUT2D eigenvalue weighted by molar-refractivity contribution is -0.139. The predicted octanol–water partition coefficient (Wildman–Crippen LogP) is 2.04. The molecule has 0 aliphatic rings. The number of halogens is 1. The number of carboxylic acids is 1. The lowest BCUT2D eigenvalue weighted by atomic mass is 10.1. The molecule has 0 aliphatic carbocycles. The standard InChI is InChI=1S/C10H13ClO4S2/c11-8(4-3-7(12)6-9(13)14)17(15)10-2-1-5-16-10/h1-2,5,7-8,12H,3-4,6H2,(H,13,14). The molecule has 7 heteroatoms. The third-order valence-corrected chi connectivity index (χ3v) is 5.44. The van der Waals surface area contributed by atoms with E-state index in [9.17, 15) is 14.5 Å². The SMILES string of the molecule is O=C(O)CC(O)CCC(Cl)[S+]([O-])c1cccs1. The second-order valence-corrected chi connectivity index (χ2v) is 7.06. The predicted molar refractivity (Wildman–Crippen MR) is 67.9 cm³/mol. The third-order valence-electron chi connectivity index (χ3n) is 2.06. The van der Waals surface area contributed by atoms with E-state index in [0.29, 0.717) is 10.6 Å².